The van der Waals surface area contributed by atoms with Gasteiger partial charge in [-0.15, -0.1) is 0 Å². The molecule has 2 aromatic carbocycles. The summed E-state index contributed by atoms with van der Waals surface area (Å²) in [4.78, 5) is 71.4. The Bertz CT molecular complexity index is 1930. The Labute approximate surface area is 312 Å². The van der Waals surface area contributed by atoms with E-state index < -0.39 is 88.5 Å². The second-order valence-electron chi connectivity index (χ2n) is 14.7. The fourth-order valence-corrected chi connectivity index (χ4v) is 8.63. The van der Waals surface area contributed by atoms with Gasteiger partial charge in [0.05, 0.1) is 22.1 Å². The van der Waals surface area contributed by atoms with Gasteiger partial charge in [0.2, 0.25) is 0 Å². The van der Waals surface area contributed by atoms with Crippen molar-refractivity contribution in [2.45, 2.75) is 95.3 Å². The van der Waals surface area contributed by atoms with Crippen LogP contribution in [0.5, 0.6) is 0 Å². The summed E-state index contributed by atoms with van der Waals surface area (Å²) in [5.74, 6) is -4.90. The van der Waals surface area contributed by atoms with Crippen LogP contribution in [-0.2, 0) is 42.8 Å². The number of nitrogens with zero attached hydrogens (tertiary/aromatic N) is 1. The molecule has 284 valence electrons. The van der Waals surface area contributed by atoms with Crippen molar-refractivity contribution in [3.8, 4) is 0 Å². The zero-order valence-corrected chi connectivity index (χ0v) is 30.8. The van der Waals surface area contributed by atoms with Gasteiger partial charge >= 0.3 is 29.8 Å². The minimum Gasteiger partial charge on any atom is -0.459 e. The summed E-state index contributed by atoms with van der Waals surface area (Å²) >= 11 is 0. The molecule has 2 heterocycles. The van der Waals surface area contributed by atoms with E-state index in [1.807, 2.05) is 18.2 Å². The molecule has 0 unspecified atom stereocenters. The van der Waals surface area contributed by atoms with Crippen LogP contribution < -0.4 is 0 Å². The van der Waals surface area contributed by atoms with Crippen molar-refractivity contribution in [3.63, 3.8) is 0 Å². The van der Waals surface area contributed by atoms with E-state index in [0.29, 0.717) is 0 Å². The summed E-state index contributed by atoms with van der Waals surface area (Å²) in [7, 11) is 0. The standard InChI is InChI=1S/C41H43NO12/c1-24(43)49-32-34(52-36(46)27-16-11-8-12-17-27)39(5)30(51-31(45)20-19-26-14-9-7-10-15-26)22-29-33(50-25(2)44)41(39,54-38(29,3)4)40(6,48)35(32)53-37(47)28-18-13-21-42-23-28/h7-21,23,29-30,32-35,48H,22H2,1-6H3/b20-19+/t29-,30+,32+,33-,34+,35+,39-,40+,41-/m1/s1. The number of aliphatic hydroxyl groups is 1. The summed E-state index contributed by atoms with van der Waals surface area (Å²) in [6.45, 7) is 8.65. The first-order valence-electron chi connectivity index (χ1n) is 17.6. The molecule has 6 rings (SSSR count). The second kappa shape index (κ2) is 14.4. The van der Waals surface area contributed by atoms with Crippen molar-refractivity contribution in [2.24, 2.45) is 11.3 Å². The first kappa shape index (κ1) is 38.3. The van der Waals surface area contributed by atoms with Crippen molar-refractivity contribution in [2.75, 3.05) is 0 Å². The van der Waals surface area contributed by atoms with Gasteiger partial charge in [0, 0.05) is 38.2 Å². The van der Waals surface area contributed by atoms with E-state index in [0.717, 1.165) is 12.5 Å². The van der Waals surface area contributed by atoms with Crippen LogP contribution in [0.2, 0.25) is 0 Å². The van der Waals surface area contributed by atoms with Crippen molar-refractivity contribution >= 4 is 35.9 Å². The Kier molecular flexibility index (Phi) is 10.3. The Morgan fingerprint density at radius 3 is 1.94 bits per heavy atom. The number of pyridine rings is 1. The molecular formula is C41H43NO12. The minimum absolute atomic E-state index is 0.00118. The Balaban J connectivity index is 1.58. The summed E-state index contributed by atoms with van der Waals surface area (Å²) in [5.41, 5.74) is -6.78. The van der Waals surface area contributed by atoms with Crippen LogP contribution in [0.15, 0.2) is 91.3 Å². The van der Waals surface area contributed by atoms with Gasteiger partial charge in [-0.05, 0) is 70.0 Å². The molecular weight excluding hydrogens is 698 g/mol. The highest BCUT2D eigenvalue weighted by atomic mass is 16.7. The van der Waals surface area contributed by atoms with E-state index in [1.54, 1.807) is 57.2 Å². The zero-order chi connectivity index (χ0) is 39.1. The summed E-state index contributed by atoms with van der Waals surface area (Å²) in [6.07, 6.45) is -2.21. The molecule has 54 heavy (non-hydrogen) atoms. The lowest BCUT2D eigenvalue weighted by Crippen LogP contribution is -2.86. The highest BCUT2D eigenvalue weighted by Gasteiger charge is 2.87. The number of carbonyl (C=O) groups excluding carboxylic acids is 5. The van der Waals surface area contributed by atoms with Crippen LogP contribution >= 0.6 is 0 Å². The van der Waals surface area contributed by atoms with E-state index in [9.17, 15) is 29.1 Å². The lowest BCUT2D eigenvalue weighted by molar-refractivity contribution is -0.367. The molecule has 3 fully saturated rings. The molecule has 1 spiro atoms. The van der Waals surface area contributed by atoms with Crippen molar-refractivity contribution in [3.05, 3.63) is 108 Å². The van der Waals surface area contributed by atoms with Crippen molar-refractivity contribution < 1.29 is 57.5 Å². The number of carbonyl (C=O) groups is 5. The van der Waals surface area contributed by atoms with Crippen LogP contribution in [0.25, 0.3) is 6.08 Å². The van der Waals surface area contributed by atoms with Crippen LogP contribution in [0, 0.1) is 11.3 Å². The largest absolute Gasteiger partial charge is 0.459 e. The number of benzene rings is 2. The number of hydrogen-bond donors (Lipinski definition) is 1. The Hall–Kier alpha value is -5.40. The van der Waals surface area contributed by atoms with E-state index in [-0.39, 0.29) is 17.5 Å². The predicted octanol–water partition coefficient (Wildman–Crippen LogP) is 4.66. The second-order valence-corrected chi connectivity index (χ2v) is 14.7. The molecule has 0 radical (unpaired) electrons. The van der Waals surface area contributed by atoms with Gasteiger partial charge in [-0.25, -0.2) is 14.4 Å². The average Bonchev–Trinajstić information content (AvgIpc) is 3.32. The third-order valence-electron chi connectivity index (χ3n) is 11.0. The van der Waals surface area contributed by atoms with Gasteiger partial charge in [0.25, 0.3) is 0 Å². The molecule has 2 aliphatic carbocycles. The fourth-order valence-electron chi connectivity index (χ4n) is 8.63. The average molecular weight is 742 g/mol. The minimum atomic E-state index is -2.41. The number of rotatable bonds is 9. The molecule has 13 heteroatoms. The van der Waals surface area contributed by atoms with Crippen molar-refractivity contribution in [1.82, 2.24) is 4.98 Å². The third kappa shape index (κ3) is 6.55. The van der Waals surface area contributed by atoms with Crippen LogP contribution in [0.4, 0.5) is 0 Å². The van der Waals surface area contributed by atoms with Gasteiger partial charge < -0.3 is 33.5 Å². The highest BCUT2D eigenvalue weighted by molar-refractivity contribution is 5.90. The number of esters is 5. The summed E-state index contributed by atoms with van der Waals surface area (Å²) in [6, 6.07) is 20.0. The SMILES string of the molecule is CC(=O)O[C@H]1[C@H](OC(=O)c2ccccc2)[C@@]2(C)[C@@H](OC(=O)/C=C/c3ccccc3)C[C@@H]3[C@@H](OC(C)=O)[C@]2(OC3(C)C)[C@@](C)(O)[C@H]1OC(=O)c1cccnc1. The number of hydrogen-bond acceptors (Lipinski definition) is 13. The lowest BCUT2D eigenvalue weighted by Gasteiger charge is -2.66. The molecule has 1 aromatic heterocycles. The molecule has 1 saturated heterocycles. The fraction of sp³-hybridized carbons (Fsp3) is 0.415. The first-order valence-corrected chi connectivity index (χ1v) is 17.6. The topological polar surface area (TPSA) is 174 Å². The van der Waals surface area contributed by atoms with Gasteiger partial charge in [0.15, 0.2) is 23.9 Å². The van der Waals surface area contributed by atoms with E-state index in [2.05, 4.69) is 4.98 Å². The maximum absolute atomic E-state index is 14.1. The normalized spacial score (nSPS) is 32.1. The number of fused-ring (bicyclic) bond motifs is 1. The molecule has 13 nitrogen and oxygen atoms in total. The quantitative estimate of drug-likeness (QED) is 0.182. The van der Waals surface area contributed by atoms with E-state index >= 15 is 0 Å². The molecule has 2 saturated carbocycles. The summed E-state index contributed by atoms with van der Waals surface area (Å²) in [5, 5.41) is 13.1. The lowest BCUT2D eigenvalue weighted by atomic mass is 9.46. The highest BCUT2D eigenvalue weighted by Crippen LogP contribution is 2.69. The van der Waals surface area contributed by atoms with Crippen molar-refractivity contribution in [1.29, 1.82) is 0 Å². The molecule has 1 N–H and O–H groups in total. The Morgan fingerprint density at radius 2 is 1.33 bits per heavy atom. The predicted molar refractivity (Wildman–Crippen MR) is 190 cm³/mol. The molecule has 9 atom stereocenters. The van der Waals surface area contributed by atoms with Gasteiger partial charge in [-0.3, -0.25) is 14.6 Å². The van der Waals surface area contributed by atoms with Gasteiger partial charge in [-0.2, -0.15) is 0 Å². The van der Waals surface area contributed by atoms with E-state index in [1.165, 1.54) is 56.6 Å². The van der Waals surface area contributed by atoms with Gasteiger partial charge in [-0.1, -0.05) is 48.5 Å². The third-order valence-corrected chi connectivity index (χ3v) is 11.0. The maximum Gasteiger partial charge on any atom is 0.340 e. The molecule has 0 amide bonds. The smallest absolute Gasteiger partial charge is 0.340 e. The van der Waals surface area contributed by atoms with Gasteiger partial charge in [0.1, 0.15) is 17.8 Å². The Morgan fingerprint density at radius 1 is 0.741 bits per heavy atom. The molecule has 1 aliphatic heterocycles. The van der Waals surface area contributed by atoms with Crippen LogP contribution in [0.1, 0.15) is 74.2 Å². The zero-order valence-electron chi connectivity index (χ0n) is 30.8. The molecule has 3 aromatic rings. The number of aromatic nitrogens is 1. The summed E-state index contributed by atoms with van der Waals surface area (Å²) < 4.78 is 37.5. The van der Waals surface area contributed by atoms with E-state index in [4.69, 9.17) is 28.4 Å². The first-order chi connectivity index (χ1) is 25.5. The monoisotopic (exact) mass is 741 g/mol. The molecule has 2 bridgehead atoms. The maximum atomic E-state index is 14.1. The molecule has 3 aliphatic rings. The van der Waals surface area contributed by atoms with Crippen LogP contribution in [0.3, 0.4) is 0 Å². The number of ether oxygens (including phenoxy) is 6. The van der Waals surface area contributed by atoms with Crippen LogP contribution in [-0.4, -0.2) is 87.3 Å².